The molecule has 0 heterocycles. The molecule has 2 rings (SSSR count). The van der Waals surface area contributed by atoms with Crippen molar-refractivity contribution in [2.75, 3.05) is 5.32 Å². The van der Waals surface area contributed by atoms with Gasteiger partial charge >= 0.3 is 0 Å². The predicted molar refractivity (Wildman–Crippen MR) is 83.0 cm³/mol. The van der Waals surface area contributed by atoms with Gasteiger partial charge in [-0.3, -0.25) is 4.79 Å². The first-order chi connectivity index (χ1) is 9.95. The maximum atomic E-state index is 12.1. The van der Waals surface area contributed by atoms with Crippen LogP contribution in [0.1, 0.15) is 12.5 Å². The molecular formula is C16H16ClNO3. The molecule has 0 saturated heterocycles. The van der Waals surface area contributed by atoms with Crippen molar-refractivity contribution < 1.29 is 14.6 Å². The molecule has 0 radical (unpaired) electrons. The van der Waals surface area contributed by atoms with Crippen molar-refractivity contribution in [2.45, 2.75) is 20.0 Å². The second-order valence-electron chi connectivity index (χ2n) is 4.73. The number of carbonyl (C=O) groups is 1. The van der Waals surface area contributed by atoms with Gasteiger partial charge in [-0.25, -0.2) is 0 Å². The number of nitrogens with one attached hydrogen (secondary N) is 1. The highest BCUT2D eigenvalue weighted by molar-refractivity contribution is 6.31. The molecule has 110 valence electrons. The third-order valence-corrected chi connectivity index (χ3v) is 3.12. The van der Waals surface area contributed by atoms with E-state index in [-0.39, 0.29) is 17.3 Å². The van der Waals surface area contributed by atoms with Gasteiger partial charge in [0.2, 0.25) is 0 Å². The number of hydrogen-bond acceptors (Lipinski definition) is 3. The van der Waals surface area contributed by atoms with Crippen LogP contribution in [0.5, 0.6) is 11.5 Å². The Morgan fingerprint density at radius 2 is 2.05 bits per heavy atom. The van der Waals surface area contributed by atoms with Crippen molar-refractivity contribution >= 4 is 23.2 Å². The number of benzene rings is 2. The monoisotopic (exact) mass is 305 g/mol. The summed E-state index contributed by atoms with van der Waals surface area (Å²) < 4.78 is 5.57. The lowest BCUT2D eigenvalue weighted by Gasteiger charge is -2.15. The molecule has 0 spiro atoms. The van der Waals surface area contributed by atoms with Crippen molar-refractivity contribution in [3.63, 3.8) is 0 Å². The fourth-order valence-corrected chi connectivity index (χ4v) is 1.96. The molecule has 0 aliphatic carbocycles. The number of carbonyl (C=O) groups excluding carboxylic acids is 1. The molecule has 0 aromatic heterocycles. The van der Waals surface area contributed by atoms with E-state index < -0.39 is 6.10 Å². The van der Waals surface area contributed by atoms with Gasteiger partial charge in [-0.1, -0.05) is 23.7 Å². The number of halogens is 1. The van der Waals surface area contributed by atoms with Crippen molar-refractivity contribution in [1.82, 2.24) is 0 Å². The van der Waals surface area contributed by atoms with Gasteiger partial charge in [0, 0.05) is 5.02 Å². The maximum Gasteiger partial charge on any atom is 0.265 e. The Morgan fingerprint density at radius 3 is 2.76 bits per heavy atom. The molecule has 5 heteroatoms. The maximum absolute atomic E-state index is 12.1. The van der Waals surface area contributed by atoms with Crippen molar-refractivity contribution in [3.8, 4) is 11.5 Å². The van der Waals surface area contributed by atoms with Crippen LogP contribution < -0.4 is 10.1 Å². The van der Waals surface area contributed by atoms with E-state index in [0.717, 1.165) is 5.56 Å². The standard InChI is InChI=1S/C16H16ClNO3/c1-10-4-3-5-13(8-10)21-11(2)16(20)18-14-9-12(17)6-7-15(14)19/h3-9,11,19H,1-2H3,(H,18,20)/t11-/m1/s1. The van der Waals surface area contributed by atoms with Crippen molar-refractivity contribution in [3.05, 3.63) is 53.1 Å². The highest BCUT2D eigenvalue weighted by atomic mass is 35.5. The van der Waals surface area contributed by atoms with Gasteiger partial charge in [-0.2, -0.15) is 0 Å². The average Bonchev–Trinajstić information content (AvgIpc) is 2.43. The first-order valence-electron chi connectivity index (χ1n) is 6.48. The van der Waals surface area contributed by atoms with Crippen LogP contribution in [0.15, 0.2) is 42.5 Å². The minimum Gasteiger partial charge on any atom is -0.506 e. The van der Waals surface area contributed by atoms with E-state index in [2.05, 4.69) is 5.32 Å². The summed E-state index contributed by atoms with van der Waals surface area (Å²) in [5.74, 6) is 0.206. The molecule has 0 unspecified atom stereocenters. The molecule has 2 N–H and O–H groups in total. The average molecular weight is 306 g/mol. The summed E-state index contributed by atoms with van der Waals surface area (Å²) in [6.07, 6.45) is -0.704. The Kier molecular flexibility index (Phi) is 4.70. The van der Waals surface area contributed by atoms with E-state index >= 15 is 0 Å². The molecule has 4 nitrogen and oxygen atoms in total. The molecule has 2 aromatic rings. The predicted octanol–water partition coefficient (Wildman–Crippen LogP) is 3.76. The molecule has 1 atom stereocenters. The highest BCUT2D eigenvalue weighted by Crippen LogP contribution is 2.26. The summed E-state index contributed by atoms with van der Waals surface area (Å²) in [6.45, 7) is 3.58. The third-order valence-electron chi connectivity index (χ3n) is 2.89. The Bertz CT molecular complexity index is 658. The Balaban J connectivity index is 2.04. The fourth-order valence-electron chi connectivity index (χ4n) is 1.79. The first-order valence-corrected chi connectivity index (χ1v) is 6.86. The Hall–Kier alpha value is -2.20. The summed E-state index contributed by atoms with van der Waals surface area (Å²) in [7, 11) is 0. The van der Waals surface area contributed by atoms with Gasteiger partial charge in [-0.05, 0) is 49.7 Å². The summed E-state index contributed by atoms with van der Waals surface area (Å²) in [4.78, 5) is 12.1. The van der Waals surface area contributed by atoms with Crippen LogP contribution in [0, 0.1) is 6.92 Å². The van der Waals surface area contributed by atoms with Crippen LogP contribution in [0.2, 0.25) is 5.02 Å². The lowest BCUT2D eigenvalue weighted by atomic mass is 10.2. The lowest BCUT2D eigenvalue weighted by Crippen LogP contribution is -2.30. The van der Waals surface area contributed by atoms with E-state index in [9.17, 15) is 9.90 Å². The number of aromatic hydroxyl groups is 1. The van der Waals surface area contributed by atoms with E-state index in [0.29, 0.717) is 10.8 Å². The lowest BCUT2D eigenvalue weighted by molar-refractivity contribution is -0.122. The summed E-state index contributed by atoms with van der Waals surface area (Å²) in [5.41, 5.74) is 1.31. The molecule has 21 heavy (non-hydrogen) atoms. The number of phenols is 1. The number of anilines is 1. The van der Waals surface area contributed by atoms with Crippen molar-refractivity contribution in [1.29, 1.82) is 0 Å². The smallest absolute Gasteiger partial charge is 0.265 e. The molecule has 0 saturated carbocycles. The summed E-state index contributed by atoms with van der Waals surface area (Å²) in [6, 6.07) is 11.9. The zero-order valence-electron chi connectivity index (χ0n) is 11.8. The Morgan fingerprint density at radius 1 is 1.29 bits per heavy atom. The largest absolute Gasteiger partial charge is 0.506 e. The van der Waals surface area contributed by atoms with Crippen molar-refractivity contribution in [2.24, 2.45) is 0 Å². The van der Waals surface area contributed by atoms with E-state index in [1.807, 2.05) is 25.1 Å². The molecule has 0 fully saturated rings. The van der Waals surface area contributed by atoms with Gasteiger partial charge in [-0.15, -0.1) is 0 Å². The number of amides is 1. The normalized spacial score (nSPS) is 11.8. The van der Waals surface area contributed by atoms with Gasteiger partial charge in [0.25, 0.3) is 5.91 Å². The van der Waals surface area contributed by atoms with Crippen LogP contribution >= 0.6 is 11.6 Å². The number of hydrogen-bond donors (Lipinski definition) is 2. The van der Waals surface area contributed by atoms with Crippen LogP contribution in [0.3, 0.4) is 0 Å². The Labute approximate surface area is 128 Å². The zero-order valence-corrected chi connectivity index (χ0v) is 12.5. The molecule has 0 aliphatic rings. The third kappa shape index (κ3) is 4.13. The van der Waals surface area contributed by atoms with E-state index in [1.54, 1.807) is 19.1 Å². The molecule has 0 bridgehead atoms. The van der Waals surface area contributed by atoms with Crippen LogP contribution in [0.25, 0.3) is 0 Å². The number of phenolic OH excluding ortho intramolecular Hbond substituents is 1. The number of rotatable bonds is 4. The molecule has 1 amide bonds. The van der Waals surface area contributed by atoms with Crippen LogP contribution in [-0.4, -0.2) is 17.1 Å². The van der Waals surface area contributed by atoms with Gasteiger partial charge in [0.05, 0.1) is 5.69 Å². The zero-order chi connectivity index (χ0) is 15.4. The van der Waals surface area contributed by atoms with Gasteiger partial charge < -0.3 is 15.2 Å². The fraction of sp³-hybridized carbons (Fsp3) is 0.188. The number of aryl methyl sites for hydroxylation is 1. The minimum atomic E-state index is -0.704. The molecular weight excluding hydrogens is 290 g/mol. The SMILES string of the molecule is Cc1cccc(O[C@H](C)C(=O)Nc2cc(Cl)ccc2O)c1. The molecule has 2 aromatic carbocycles. The summed E-state index contributed by atoms with van der Waals surface area (Å²) >= 11 is 5.83. The second kappa shape index (κ2) is 6.50. The van der Waals surface area contributed by atoms with Crippen LogP contribution in [0.4, 0.5) is 5.69 Å². The molecule has 0 aliphatic heterocycles. The van der Waals surface area contributed by atoms with Gasteiger partial charge in [0.1, 0.15) is 11.5 Å². The quantitative estimate of drug-likeness (QED) is 0.846. The first kappa shape index (κ1) is 15.2. The van der Waals surface area contributed by atoms with Crippen LogP contribution in [-0.2, 0) is 4.79 Å². The topological polar surface area (TPSA) is 58.6 Å². The van der Waals surface area contributed by atoms with Gasteiger partial charge in [0.15, 0.2) is 6.10 Å². The number of ether oxygens (including phenoxy) is 1. The second-order valence-corrected chi connectivity index (χ2v) is 5.16. The summed E-state index contributed by atoms with van der Waals surface area (Å²) in [5, 5.41) is 12.7. The van der Waals surface area contributed by atoms with E-state index in [4.69, 9.17) is 16.3 Å². The highest BCUT2D eigenvalue weighted by Gasteiger charge is 2.16. The van der Waals surface area contributed by atoms with E-state index in [1.165, 1.54) is 12.1 Å². The minimum absolute atomic E-state index is 0.0458.